The molecule has 18 heavy (non-hydrogen) atoms. The molecule has 2 aliphatic carbocycles. The molecule has 0 aromatic heterocycles. The van der Waals surface area contributed by atoms with E-state index < -0.39 is 5.67 Å². The molecule has 0 saturated heterocycles. The molecule has 106 valence electrons. The highest BCUT2D eigenvalue weighted by atomic mass is 19.1. The summed E-state index contributed by atoms with van der Waals surface area (Å²) in [6.45, 7) is 4.31. The Morgan fingerprint density at radius 2 is 1.44 bits per heavy atom. The monoisotopic (exact) mass is 254 g/mol. The first-order chi connectivity index (χ1) is 8.67. The fourth-order valence-electron chi connectivity index (χ4n) is 4.34. The van der Waals surface area contributed by atoms with Crippen molar-refractivity contribution < 1.29 is 4.39 Å². The average Bonchev–Trinajstić information content (AvgIpc) is 2.41. The summed E-state index contributed by atoms with van der Waals surface area (Å²) in [5, 5.41) is 0. The van der Waals surface area contributed by atoms with Crippen LogP contribution in [-0.4, -0.2) is 5.67 Å². The summed E-state index contributed by atoms with van der Waals surface area (Å²) in [6.07, 6.45) is 13.3. The molecule has 0 aromatic rings. The van der Waals surface area contributed by atoms with Crippen LogP contribution in [0.4, 0.5) is 4.39 Å². The van der Waals surface area contributed by atoms with Gasteiger partial charge in [-0.05, 0) is 62.7 Å². The van der Waals surface area contributed by atoms with Crippen molar-refractivity contribution in [2.75, 3.05) is 0 Å². The molecular weight excluding hydrogens is 223 g/mol. The second-order valence-electron chi connectivity index (χ2n) is 6.91. The maximum Gasteiger partial charge on any atom is 0.110 e. The van der Waals surface area contributed by atoms with E-state index in [4.69, 9.17) is 0 Å². The first-order valence-corrected chi connectivity index (χ1v) is 8.35. The highest BCUT2D eigenvalue weighted by molar-refractivity contribution is 4.88. The van der Waals surface area contributed by atoms with E-state index in [2.05, 4.69) is 6.92 Å². The van der Waals surface area contributed by atoms with E-state index in [-0.39, 0.29) is 0 Å². The van der Waals surface area contributed by atoms with E-state index in [9.17, 15) is 4.39 Å². The van der Waals surface area contributed by atoms with Gasteiger partial charge in [-0.15, -0.1) is 0 Å². The van der Waals surface area contributed by atoms with Gasteiger partial charge in [0.2, 0.25) is 0 Å². The van der Waals surface area contributed by atoms with Crippen molar-refractivity contribution in [1.82, 2.24) is 0 Å². The number of hydrogen-bond acceptors (Lipinski definition) is 0. The molecule has 0 aliphatic heterocycles. The molecule has 2 saturated carbocycles. The Morgan fingerprint density at radius 3 is 1.94 bits per heavy atom. The summed E-state index contributed by atoms with van der Waals surface area (Å²) in [5.74, 6) is 2.79. The number of alkyl halides is 1. The normalized spacial score (nSPS) is 41.8. The summed E-state index contributed by atoms with van der Waals surface area (Å²) < 4.78 is 14.2. The highest BCUT2D eigenvalue weighted by Gasteiger charge is 2.37. The molecule has 0 heterocycles. The molecule has 0 nitrogen and oxygen atoms in total. The molecule has 2 aliphatic rings. The van der Waals surface area contributed by atoms with Crippen LogP contribution in [-0.2, 0) is 0 Å². The average molecular weight is 254 g/mol. The van der Waals surface area contributed by atoms with Crippen molar-refractivity contribution in [3.63, 3.8) is 0 Å². The van der Waals surface area contributed by atoms with Crippen LogP contribution >= 0.6 is 0 Å². The summed E-state index contributed by atoms with van der Waals surface area (Å²) in [5.41, 5.74) is -0.810. The quantitative estimate of drug-likeness (QED) is 0.585. The van der Waals surface area contributed by atoms with E-state index in [0.29, 0.717) is 0 Å². The standard InChI is InChI=1S/C17H31F/c1-3-5-14-6-8-15(9-7-14)16-10-12-17(18,4-2)13-11-16/h14-16H,3-13H2,1-2H3. The second kappa shape index (κ2) is 6.39. The fraction of sp³-hybridized carbons (Fsp3) is 1.00. The molecule has 2 rings (SSSR count). The van der Waals surface area contributed by atoms with Crippen LogP contribution in [0.3, 0.4) is 0 Å². The van der Waals surface area contributed by atoms with Gasteiger partial charge in [-0.3, -0.25) is 0 Å². The van der Waals surface area contributed by atoms with Crippen molar-refractivity contribution in [2.24, 2.45) is 17.8 Å². The molecule has 0 atom stereocenters. The first-order valence-electron chi connectivity index (χ1n) is 8.35. The van der Waals surface area contributed by atoms with Gasteiger partial charge in [0.05, 0.1) is 0 Å². The lowest BCUT2D eigenvalue weighted by Crippen LogP contribution is -2.32. The van der Waals surface area contributed by atoms with Crippen LogP contribution < -0.4 is 0 Å². The third kappa shape index (κ3) is 3.48. The Hall–Kier alpha value is -0.0700. The third-order valence-electron chi connectivity index (χ3n) is 5.81. The van der Waals surface area contributed by atoms with E-state index >= 15 is 0 Å². The third-order valence-corrected chi connectivity index (χ3v) is 5.81. The second-order valence-corrected chi connectivity index (χ2v) is 6.91. The molecule has 0 bridgehead atoms. The highest BCUT2D eigenvalue weighted by Crippen LogP contribution is 2.45. The topological polar surface area (TPSA) is 0 Å². The minimum absolute atomic E-state index is 0.725. The maximum atomic E-state index is 14.2. The van der Waals surface area contributed by atoms with Gasteiger partial charge in [0.15, 0.2) is 0 Å². The van der Waals surface area contributed by atoms with Crippen molar-refractivity contribution >= 4 is 0 Å². The van der Waals surface area contributed by atoms with Crippen molar-refractivity contribution in [1.29, 1.82) is 0 Å². The van der Waals surface area contributed by atoms with Crippen molar-refractivity contribution in [3.8, 4) is 0 Å². The Labute approximate surface area is 113 Å². The first kappa shape index (κ1) is 14.3. The molecule has 0 aromatic carbocycles. The van der Waals surface area contributed by atoms with Crippen LogP contribution in [0.1, 0.15) is 84.5 Å². The van der Waals surface area contributed by atoms with E-state index in [0.717, 1.165) is 49.9 Å². The Morgan fingerprint density at radius 1 is 0.889 bits per heavy atom. The predicted octanol–water partition coefficient (Wildman–Crippen LogP) is 5.90. The number of hydrogen-bond donors (Lipinski definition) is 0. The molecule has 0 unspecified atom stereocenters. The maximum absolute atomic E-state index is 14.2. The SMILES string of the molecule is CCCC1CCC(C2CCC(F)(CC)CC2)CC1. The van der Waals surface area contributed by atoms with Crippen LogP contribution in [0.2, 0.25) is 0 Å². The fourth-order valence-corrected chi connectivity index (χ4v) is 4.34. The zero-order chi connectivity index (χ0) is 13.0. The largest absolute Gasteiger partial charge is 0.244 e. The smallest absolute Gasteiger partial charge is 0.110 e. The van der Waals surface area contributed by atoms with Gasteiger partial charge in [0.25, 0.3) is 0 Å². The van der Waals surface area contributed by atoms with Gasteiger partial charge in [0.1, 0.15) is 5.67 Å². The minimum atomic E-state index is -0.810. The van der Waals surface area contributed by atoms with Gasteiger partial charge < -0.3 is 0 Å². The zero-order valence-electron chi connectivity index (χ0n) is 12.4. The summed E-state index contributed by atoms with van der Waals surface area (Å²) in [4.78, 5) is 0. The lowest BCUT2D eigenvalue weighted by Gasteiger charge is -2.40. The molecule has 0 spiro atoms. The number of halogens is 1. The Kier molecular flexibility index (Phi) is 5.09. The summed E-state index contributed by atoms with van der Waals surface area (Å²) in [7, 11) is 0. The molecular formula is C17H31F. The van der Waals surface area contributed by atoms with Gasteiger partial charge in [-0.25, -0.2) is 4.39 Å². The van der Waals surface area contributed by atoms with Crippen molar-refractivity contribution in [2.45, 2.75) is 90.1 Å². The van der Waals surface area contributed by atoms with Crippen LogP contribution in [0, 0.1) is 17.8 Å². The van der Waals surface area contributed by atoms with Gasteiger partial charge >= 0.3 is 0 Å². The molecule has 0 amide bonds. The Balaban J connectivity index is 1.74. The Bertz CT molecular complexity index is 232. The van der Waals surface area contributed by atoms with Gasteiger partial charge in [-0.2, -0.15) is 0 Å². The lowest BCUT2D eigenvalue weighted by atomic mass is 9.68. The van der Waals surface area contributed by atoms with Gasteiger partial charge in [0, 0.05) is 0 Å². The van der Waals surface area contributed by atoms with Crippen LogP contribution in [0.15, 0.2) is 0 Å². The zero-order valence-corrected chi connectivity index (χ0v) is 12.4. The molecule has 1 heteroatoms. The van der Waals surface area contributed by atoms with Crippen LogP contribution in [0.5, 0.6) is 0 Å². The molecule has 0 radical (unpaired) electrons. The molecule has 0 N–H and O–H groups in total. The predicted molar refractivity (Wildman–Crippen MR) is 76.4 cm³/mol. The van der Waals surface area contributed by atoms with E-state index in [1.165, 1.54) is 38.5 Å². The van der Waals surface area contributed by atoms with E-state index in [1.807, 2.05) is 6.92 Å². The lowest BCUT2D eigenvalue weighted by molar-refractivity contribution is 0.0514. The minimum Gasteiger partial charge on any atom is -0.244 e. The van der Waals surface area contributed by atoms with Crippen molar-refractivity contribution in [3.05, 3.63) is 0 Å². The van der Waals surface area contributed by atoms with Gasteiger partial charge in [-0.1, -0.05) is 39.5 Å². The summed E-state index contributed by atoms with van der Waals surface area (Å²) in [6, 6.07) is 0. The number of rotatable bonds is 4. The summed E-state index contributed by atoms with van der Waals surface area (Å²) >= 11 is 0. The molecule has 2 fully saturated rings. The van der Waals surface area contributed by atoms with E-state index in [1.54, 1.807) is 0 Å². The van der Waals surface area contributed by atoms with Crippen LogP contribution in [0.25, 0.3) is 0 Å².